The molecule has 1 atom stereocenters. The highest BCUT2D eigenvalue weighted by Crippen LogP contribution is 2.26. The number of ketones is 2. The zero-order chi connectivity index (χ0) is 19.8. The highest BCUT2D eigenvalue weighted by molar-refractivity contribution is 6.37. The molecule has 5 heteroatoms. The maximum absolute atomic E-state index is 12.8. The van der Waals surface area contributed by atoms with Gasteiger partial charge in [-0.2, -0.15) is 0 Å². The number of Topliss-reactive ketones (excluding diaryl/α,β-unsaturated/α-hetero) is 2. The van der Waals surface area contributed by atoms with Gasteiger partial charge in [0.25, 0.3) is 5.91 Å². The van der Waals surface area contributed by atoms with Crippen molar-refractivity contribution in [2.24, 2.45) is 5.92 Å². The van der Waals surface area contributed by atoms with E-state index in [9.17, 15) is 14.4 Å². The summed E-state index contributed by atoms with van der Waals surface area (Å²) < 4.78 is 0. The summed E-state index contributed by atoms with van der Waals surface area (Å²) in [4.78, 5) is 43.9. The summed E-state index contributed by atoms with van der Waals surface area (Å²) >= 11 is 0. The number of pyridine rings is 1. The molecular weight excluding hydrogens is 352 g/mol. The number of aryl methyl sites for hydroxylation is 1. The number of carbonyl (C=O) groups is 3. The van der Waals surface area contributed by atoms with Crippen molar-refractivity contribution < 1.29 is 14.4 Å². The van der Waals surface area contributed by atoms with E-state index in [0.29, 0.717) is 19.4 Å². The summed E-state index contributed by atoms with van der Waals surface area (Å²) in [7, 11) is 0. The summed E-state index contributed by atoms with van der Waals surface area (Å²) in [5, 5.41) is 0. The molecule has 1 saturated heterocycles. The monoisotopic (exact) mass is 384 g/mol. The minimum atomic E-state index is -0.405. The molecule has 2 aliphatic rings. The normalized spacial score (nSPS) is 20.7. The van der Waals surface area contributed by atoms with Gasteiger partial charge in [-0.25, -0.2) is 0 Å². The van der Waals surface area contributed by atoms with Crippen LogP contribution in [0, 0.1) is 5.92 Å². The Morgan fingerprint density at radius 3 is 2.50 bits per heavy atom. The smallest absolute Gasteiger partial charge is 0.290 e. The first-order valence-electron chi connectivity index (χ1n) is 10.9. The average molecular weight is 385 g/mol. The molecule has 0 radical (unpaired) electrons. The van der Waals surface area contributed by atoms with Crippen LogP contribution in [-0.4, -0.2) is 39.9 Å². The Morgan fingerprint density at radius 1 is 1.00 bits per heavy atom. The fourth-order valence-electron chi connectivity index (χ4n) is 4.54. The van der Waals surface area contributed by atoms with E-state index in [0.717, 1.165) is 64.2 Å². The van der Waals surface area contributed by atoms with Crippen LogP contribution in [0.15, 0.2) is 24.5 Å². The molecule has 0 spiro atoms. The van der Waals surface area contributed by atoms with E-state index in [1.165, 1.54) is 5.56 Å². The average Bonchev–Trinajstić information content (AvgIpc) is 3.06. The molecule has 152 valence electrons. The highest BCUT2D eigenvalue weighted by atomic mass is 16.2. The van der Waals surface area contributed by atoms with Crippen LogP contribution in [0.1, 0.15) is 76.2 Å². The first-order valence-corrected chi connectivity index (χ1v) is 10.9. The molecule has 1 aliphatic carbocycles. The van der Waals surface area contributed by atoms with Crippen molar-refractivity contribution in [1.29, 1.82) is 0 Å². The van der Waals surface area contributed by atoms with Gasteiger partial charge in [0.2, 0.25) is 5.78 Å². The number of rotatable bonds is 8. The lowest BCUT2D eigenvalue weighted by Gasteiger charge is -2.25. The van der Waals surface area contributed by atoms with Crippen molar-refractivity contribution in [3.05, 3.63) is 30.1 Å². The standard InChI is InChI=1S/C23H32N2O3/c26-21(14-6-5-9-18-10-7-15-24-17-18)20-13-8-16-25(20)23(28)22(27)19-11-3-1-2-4-12-19/h7,10,15,17,19-20H,1-6,8-9,11-14,16H2. The molecular formula is C23H32N2O3. The Balaban J connectivity index is 1.47. The molecule has 1 saturated carbocycles. The molecule has 28 heavy (non-hydrogen) atoms. The van der Waals surface area contributed by atoms with Gasteiger partial charge >= 0.3 is 0 Å². The third kappa shape index (κ3) is 5.49. The number of carbonyl (C=O) groups excluding carboxylic acids is 3. The summed E-state index contributed by atoms with van der Waals surface area (Å²) in [5.74, 6) is -0.673. The Bertz CT molecular complexity index is 666. The maximum Gasteiger partial charge on any atom is 0.290 e. The van der Waals surface area contributed by atoms with E-state index in [1.807, 2.05) is 18.3 Å². The zero-order valence-corrected chi connectivity index (χ0v) is 16.8. The van der Waals surface area contributed by atoms with Crippen molar-refractivity contribution >= 4 is 17.5 Å². The van der Waals surface area contributed by atoms with Gasteiger partial charge in [-0.05, 0) is 56.6 Å². The topological polar surface area (TPSA) is 67.3 Å². The Hall–Kier alpha value is -2.04. The zero-order valence-electron chi connectivity index (χ0n) is 16.8. The molecule has 3 rings (SSSR count). The molecule has 2 fully saturated rings. The Morgan fingerprint density at radius 2 is 1.79 bits per heavy atom. The van der Waals surface area contributed by atoms with E-state index in [2.05, 4.69) is 4.98 Å². The van der Waals surface area contributed by atoms with E-state index in [1.54, 1.807) is 11.1 Å². The third-order valence-corrected chi connectivity index (χ3v) is 6.18. The third-order valence-electron chi connectivity index (χ3n) is 6.18. The second-order valence-corrected chi connectivity index (χ2v) is 8.24. The predicted octanol–water partition coefficient (Wildman–Crippen LogP) is 3.89. The summed E-state index contributed by atoms with van der Waals surface area (Å²) in [6, 6.07) is 3.58. The van der Waals surface area contributed by atoms with Gasteiger partial charge in [-0.15, -0.1) is 0 Å². The molecule has 0 N–H and O–H groups in total. The van der Waals surface area contributed by atoms with Crippen LogP contribution in [0.2, 0.25) is 0 Å². The van der Waals surface area contributed by atoms with Crippen LogP contribution >= 0.6 is 0 Å². The first-order chi connectivity index (χ1) is 13.7. The number of hydrogen-bond donors (Lipinski definition) is 0. The van der Waals surface area contributed by atoms with E-state index >= 15 is 0 Å². The van der Waals surface area contributed by atoms with Gasteiger partial charge in [-0.3, -0.25) is 19.4 Å². The van der Waals surface area contributed by atoms with Crippen molar-refractivity contribution in [1.82, 2.24) is 9.88 Å². The largest absolute Gasteiger partial charge is 0.326 e. The molecule has 5 nitrogen and oxygen atoms in total. The quantitative estimate of drug-likeness (QED) is 0.387. The van der Waals surface area contributed by atoms with Crippen LogP contribution in [0.4, 0.5) is 0 Å². The summed E-state index contributed by atoms with van der Waals surface area (Å²) in [6.07, 6.45) is 14.3. The van der Waals surface area contributed by atoms with Crippen LogP contribution in [0.5, 0.6) is 0 Å². The van der Waals surface area contributed by atoms with Crippen LogP contribution in [-0.2, 0) is 20.8 Å². The lowest BCUT2D eigenvalue weighted by Crippen LogP contribution is -2.45. The van der Waals surface area contributed by atoms with Crippen LogP contribution < -0.4 is 0 Å². The molecule has 1 aliphatic heterocycles. The van der Waals surface area contributed by atoms with Gasteiger partial charge < -0.3 is 4.90 Å². The fraction of sp³-hybridized carbons (Fsp3) is 0.652. The molecule has 0 aromatic carbocycles. The SMILES string of the molecule is O=C(C(=O)N1CCCC1C(=O)CCCCc1cccnc1)C1CCCCCC1. The van der Waals surface area contributed by atoms with Gasteiger partial charge in [0.15, 0.2) is 5.78 Å². The Labute approximate surface area is 167 Å². The second-order valence-electron chi connectivity index (χ2n) is 8.24. The fourth-order valence-corrected chi connectivity index (χ4v) is 4.54. The minimum Gasteiger partial charge on any atom is -0.326 e. The van der Waals surface area contributed by atoms with Gasteiger partial charge in [0.05, 0.1) is 6.04 Å². The van der Waals surface area contributed by atoms with Crippen LogP contribution in [0.3, 0.4) is 0 Å². The number of aromatic nitrogens is 1. The molecule has 1 amide bonds. The Kier molecular flexibility index (Phi) is 7.75. The first kappa shape index (κ1) is 20.7. The van der Waals surface area contributed by atoms with Gasteiger partial charge in [-0.1, -0.05) is 31.7 Å². The van der Waals surface area contributed by atoms with E-state index in [-0.39, 0.29) is 23.5 Å². The number of hydrogen-bond acceptors (Lipinski definition) is 4. The molecule has 0 bridgehead atoms. The summed E-state index contributed by atoms with van der Waals surface area (Å²) in [5.41, 5.74) is 1.18. The van der Waals surface area contributed by atoms with Gasteiger partial charge in [0, 0.05) is 31.3 Å². The highest BCUT2D eigenvalue weighted by Gasteiger charge is 2.38. The lowest BCUT2D eigenvalue weighted by atomic mass is 9.94. The van der Waals surface area contributed by atoms with Crippen molar-refractivity contribution in [3.63, 3.8) is 0 Å². The molecule has 1 aromatic heterocycles. The van der Waals surface area contributed by atoms with E-state index < -0.39 is 5.91 Å². The van der Waals surface area contributed by atoms with E-state index in [4.69, 9.17) is 0 Å². The minimum absolute atomic E-state index is 0.116. The van der Waals surface area contributed by atoms with Crippen molar-refractivity contribution in [3.8, 4) is 0 Å². The van der Waals surface area contributed by atoms with Gasteiger partial charge in [0.1, 0.15) is 0 Å². The predicted molar refractivity (Wildman–Crippen MR) is 108 cm³/mol. The number of nitrogens with zero attached hydrogens (tertiary/aromatic N) is 2. The van der Waals surface area contributed by atoms with Crippen LogP contribution in [0.25, 0.3) is 0 Å². The second kappa shape index (κ2) is 10.5. The molecule has 1 unspecified atom stereocenters. The van der Waals surface area contributed by atoms with Crippen molar-refractivity contribution in [2.75, 3.05) is 6.54 Å². The number of amides is 1. The number of likely N-dealkylation sites (tertiary alicyclic amines) is 1. The molecule has 1 aromatic rings. The summed E-state index contributed by atoms with van der Waals surface area (Å²) in [6.45, 7) is 0.545. The molecule has 2 heterocycles. The number of unbranched alkanes of at least 4 members (excludes halogenated alkanes) is 1. The van der Waals surface area contributed by atoms with Crippen molar-refractivity contribution in [2.45, 2.75) is 83.1 Å². The maximum atomic E-state index is 12.8. The lowest BCUT2D eigenvalue weighted by molar-refractivity contribution is -0.149.